The molecule has 0 saturated carbocycles. The predicted molar refractivity (Wildman–Crippen MR) is 103 cm³/mol. The van der Waals surface area contributed by atoms with Crippen LogP contribution in [-0.4, -0.2) is 47.6 Å². The Morgan fingerprint density at radius 1 is 0.708 bits per heavy atom. The fourth-order valence-electron chi connectivity index (χ4n) is 1.69. The zero-order chi connectivity index (χ0) is 18.8. The Balaban J connectivity index is 2.72. The summed E-state index contributed by atoms with van der Waals surface area (Å²) in [6, 6.07) is 7.97. The summed E-state index contributed by atoms with van der Waals surface area (Å²) in [5.74, 6) is 0. The van der Waals surface area contributed by atoms with E-state index in [9.17, 15) is 10.2 Å². The monoisotopic (exact) mass is 334 g/mol. The molecule has 1 rings (SSSR count). The van der Waals surface area contributed by atoms with Crippen LogP contribution >= 0.6 is 0 Å². The van der Waals surface area contributed by atoms with Crippen molar-refractivity contribution in [1.82, 2.24) is 0 Å². The highest BCUT2D eigenvalue weighted by atomic mass is 16.5. The van der Waals surface area contributed by atoms with Gasteiger partial charge in [-0.3, -0.25) is 0 Å². The van der Waals surface area contributed by atoms with Crippen molar-refractivity contribution in [3.05, 3.63) is 24.3 Å². The van der Waals surface area contributed by atoms with Crippen LogP contribution < -0.4 is 10.9 Å². The van der Waals surface area contributed by atoms with Gasteiger partial charge in [0.25, 0.3) is 0 Å². The number of rotatable bonds is 8. The van der Waals surface area contributed by atoms with Crippen molar-refractivity contribution in [3.8, 4) is 0 Å². The predicted octanol–water partition coefficient (Wildman–Crippen LogP) is 0.772. The molecule has 0 heterocycles. The molecule has 0 aliphatic carbocycles. The van der Waals surface area contributed by atoms with Crippen LogP contribution in [0.2, 0.25) is 0 Å². The minimum absolute atomic E-state index is 0.416. The third-order valence-corrected chi connectivity index (χ3v) is 5.14. The molecular weight excluding hydrogens is 302 g/mol. The highest BCUT2D eigenvalue weighted by molar-refractivity contribution is 6.51. The normalized spacial score (nSPS) is 13.8. The average Bonchev–Trinajstić information content (AvgIpc) is 2.41. The van der Waals surface area contributed by atoms with E-state index in [1.54, 1.807) is 27.7 Å². The van der Waals surface area contributed by atoms with Gasteiger partial charge in [-0.2, -0.15) is 0 Å². The third-order valence-electron chi connectivity index (χ3n) is 5.14. The van der Waals surface area contributed by atoms with E-state index in [-0.39, 0.29) is 0 Å². The highest BCUT2D eigenvalue weighted by Crippen LogP contribution is 2.25. The maximum atomic E-state index is 10.2. The molecule has 0 aliphatic heterocycles. The first-order valence-electron chi connectivity index (χ1n) is 8.46. The highest BCUT2D eigenvalue weighted by Gasteiger charge is 2.36. The van der Waals surface area contributed by atoms with E-state index < -0.39 is 22.4 Å². The third kappa shape index (κ3) is 5.62. The molecule has 0 fully saturated rings. The molecule has 0 saturated heterocycles. The minimum Gasteiger partial charge on any atom is -0.427 e. The first-order valence-corrected chi connectivity index (χ1v) is 8.46. The first-order chi connectivity index (χ1) is 10.7. The Morgan fingerprint density at radius 2 is 1.04 bits per heavy atom. The van der Waals surface area contributed by atoms with E-state index in [0.717, 1.165) is 10.9 Å². The largest absolute Gasteiger partial charge is 0.427 e. The van der Waals surface area contributed by atoms with E-state index in [0.29, 0.717) is 15.0 Å². The molecule has 0 amide bonds. The van der Waals surface area contributed by atoms with Gasteiger partial charge in [0, 0.05) is 0 Å². The Hall–Kier alpha value is -0.810. The maximum Gasteiger partial charge on any atom is 0.309 e. The Bertz CT molecular complexity index is 497. The van der Waals surface area contributed by atoms with Crippen molar-refractivity contribution in [2.45, 2.75) is 77.8 Å². The van der Waals surface area contributed by atoms with Gasteiger partial charge in [0.2, 0.25) is 0 Å². The lowest BCUT2D eigenvalue weighted by Gasteiger charge is -2.38. The van der Waals surface area contributed by atoms with Crippen molar-refractivity contribution in [2.24, 2.45) is 0 Å². The van der Waals surface area contributed by atoms with E-state index in [2.05, 4.69) is 0 Å². The van der Waals surface area contributed by atoms with Crippen LogP contribution in [0.25, 0.3) is 0 Å². The van der Waals surface area contributed by atoms with Crippen molar-refractivity contribution in [2.75, 3.05) is 0 Å². The summed E-state index contributed by atoms with van der Waals surface area (Å²) >= 11 is 0. The van der Waals surface area contributed by atoms with E-state index >= 15 is 0 Å². The van der Waals surface area contributed by atoms with Gasteiger partial charge in [0.1, 0.15) is 0 Å². The second-order valence-electron chi connectivity index (χ2n) is 8.54. The maximum absolute atomic E-state index is 10.2. The van der Waals surface area contributed by atoms with Crippen molar-refractivity contribution in [3.63, 3.8) is 0 Å². The van der Waals surface area contributed by atoms with Crippen LogP contribution in [0.4, 0.5) is 0 Å². The first kappa shape index (κ1) is 21.2. The molecular formula is C18H32B2O4. The number of hydrogen-bond acceptors (Lipinski definition) is 4. The molecule has 0 atom stereocenters. The summed E-state index contributed by atoms with van der Waals surface area (Å²) in [4.78, 5) is 0. The molecule has 0 bridgehead atoms. The molecule has 134 valence electrons. The van der Waals surface area contributed by atoms with Crippen LogP contribution in [0.15, 0.2) is 24.3 Å². The summed E-state index contributed by atoms with van der Waals surface area (Å²) in [5, 5.41) is 20.3. The molecule has 1 aromatic carbocycles. The molecule has 6 heteroatoms. The standard InChI is InChI=1S/C18H32B2O4/c1-15(2,21)17(5,6)23-19-13-10-9-11-14(12-13)20-24-18(7,8)16(3,4)22/h9-12,19-22H,1-8H3. The lowest BCUT2D eigenvalue weighted by molar-refractivity contribution is -0.0894. The summed E-state index contributed by atoms with van der Waals surface area (Å²) < 4.78 is 11.8. The number of aliphatic hydroxyl groups is 2. The minimum atomic E-state index is -0.926. The Kier molecular flexibility index (Phi) is 6.37. The van der Waals surface area contributed by atoms with Crippen LogP contribution in [0.3, 0.4) is 0 Å². The van der Waals surface area contributed by atoms with Crippen molar-refractivity contribution in [1.29, 1.82) is 0 Å². The zero-order valence-corrected chi connectivity index (χ0v) is 16.4. The molecule has 0 aliphatic rings. The van der Waals surface area contributed by atoms with Crippen LogP contribution in [-0.2, 0) is 9.31 Å². The summed E-state index contributed by atoms with van der Waals surface area (Å²) in [5.41, 5.74) is -1.11. The van der Waals surface area contributed by atoms with Gasteiger partial charge in [0.15, 0.2) is 0 Å². The smallest absolute Gasteiger partial charge is 0.309 e. The molecule has 4 nitrogen and oxygen atoms in total. The summed E-state index contributed by atoms with van der Waals surface area (Å²) in [6.45, 7) is 14.5. The van der Waals surface area contributed by atoms with Gasteiger partial charge in [-0.05, 0) is 55.4 Å². The van der Waals surface area contributed by atoms with Crippen LogP contribution in [0.5, 0.6) is 0 Å². The molecule has 0 aromatic heterocycles. The molecule has 0 radical (unpaired) electrons. The molecule has 2 N–H and O–H groups in total. The molecule has 24 heavy (non-hydrogen) atoms. The van der Waals surface area contributed by atoms with E-state index in [1.807, 2.05) is 52.0 Å². The van der Waals surface area contributed by atoms with Gasteiger partial charge >= 0.3 is 15.0 Å². The average molecular weight is 334 g/mol. The lowest BCUT2D eigenvalue weighted by Crippen LogP contribution is -2.50. The van der Waals surface area contributed by atoms with Crippen molar-refractivity contribution < 1.29 is 19.5 Å². The Morgan fingerprint density at radius 3 is 1.33 bits per heavy atom. The van der Waals surface area contributed by atoms with Gasteiger partial charge < -0.3 is 19.5 Å². The second kappa shape index (κ2) is 7.20. The van der Waals surface area contributed by atoms with E-state index in [1.165, 1.54) is 0 Å². The second-order valence-corrected chi connectivity index (χ2v) is 8.54. The molecule has 1 aromatic rings. The number of hydrogen-bond donors (Lipinski definition) is 2. The topological polar surface area (TPSA) is 58.9 Å². The summed E-state index contributed by atoms with van der Waals surface area (Å²) in [6.07, 6.45) is 0. The van der Waals surface area contributed by atoms with Gasteiger partial charge in [-0.1, -0.05) is 35.2 Å². The Labute approximate surface area is 148 Å². The SMILES string of the molecule is CC(C)(O)C(C)(C)OBc1cccc(BOC(C)(C)C(C)(C)O)c1. The van der Waals surface area contributed by atoms with Gasteiger partial charge in [0.05, 0.1) is 22.4 Å². The fourth-order valence-corrected chi connectivity index (χ4v) is 1.69. The quantitative estimate of drug-likeness (QED) is 0.690. The lowest BCUT2D eigenvalue weighted by atomic mass is 9.77. The molecule has 0 unspecified atom stereocenters. The number of benzene rings is 1. The summed E-state index contributed by atoms with van der Waals surface area (Å²) in [7, 11) is 0.833. The molecule has 0 spiro atoms. The van der Waals surface area contributed by atoms with Crippen LogP contribution in [0, 0.1) is 0 Å². The van der Waals surface area contributed by atoms with Gasteiger partial charge in [-0.25, -0.2) is 0 Å². The van der Waals surface area contributed by atoms with E-state index in [4.69, 9.17) is 9.31 Å². The van der Waals surface area contributed by atoms with Gasteiger partial charge in [-0.15, -0.1) is 0 Å². The van der Waals surface area contributed by atoms with Crippen LogP contribution in [0.1, 0.15) is 55.4 Å². The zero-order valence-electron chi connectivity index (χ0n) is 16.4. The fraction of sp³-hybridized carbons (Fsp3) is 0.667. The van der Waals surface area contributed by atoms with Crippen molar-refractivity contribution >= 4 is 25.9 Å².